The summed E-state index contributed by atoms with van der Waals surface area (Å²) in [7, 11) is 1.78. The predicted molar refractivity (Wildman–Crippen MR) is 127 cm³/mol. The molecule has 2 N–H and O–H groups in total. The van der Waals surface area contributed by atoms with Gasteiger partial charge in [0.25, 0.3) is 0 Å². The van der Waals surface area contributed by atoms with Gasteiger partial charge in [-0.15, -0.1) is 0 Å². The number of amides is 2. The first-order chi connectivity index (χ1) is 15.0. The Balaban J connectivity index is 1.63. The van der Waals surface area contributed by atoms with Crippen LogP contribution >= 0.6 is 0 Å². The molecule has 0 aromatic heterocycles. The fourth-order valence-corrected chi connectivity index (χ4v) is 3.40. The molecule has 0 saturated heterocycles. The summed E-state index contributed by atoms with van der Waals surface area (Å²) < 4.78 is 0. The highest BCUT2D eigenvalue weighted by molar-refractivity contribution is 5.99. The minimum atomic E-state index is -0.476. The van der Waals surface area contributed by atoms with E-state index in [1.807, 2.05) is 78.9 Å². The number of benzene rings is 3. The van der Waals surface area contributed by atoms with Gasteiger partial charge in [0.15, 0.2) is 0 Å². The summed E-state index contributed by atoms with van der Waals surface area (Å²) in [5.74, 6) is -0.305. The average molecular weight is 416 g/mol. The number of rotatable bonds is 8. The van der Waals surface area contributed by atoms with Crippen molar-refractivity contribution in [1.82, 2.24) is 4.90 Å². The number of hydrogen-bond acceptors (Lipinski definition) is 3. The second kappa shape index (κ2) is 10.5. The van der Waals surface area contributed by atoms with E-state index >= 15 is 0 Å². The molecule has 0 unspecified atom stereocenters. The molecule has 0 saturated carbocycles. The molecule has 0 fully saturated rings. The van der Waals surface area contributed by atoms with Gasteiger partial charge in [0, 0.05) is 16.9 Å². The van der Waals surface area contributed by atoms with Gasteiger partial charge in [0.2, 0.25) is 11.8 Å². The van der Waals surface area contributed by atoms with Gasteiger partial charge in [-0.2, -0.15) is 0 Å². The second-order valence-electron chi connectivity index (χ2n) is 7.55. The highest BCUT2D eigenvalue weighted by Gasteiger charge is 2.21. The van der Waals surface area contributed by atoms with Gasteiger partial charge in [0.05, 0.1) is 12.6 Å². The summed E-state index contributed by atoms with van der Waals surface area (Å²) in [5, 5.41) is 5.97. The lowest BCUT2D eigenvalue weighted by molar-refractivity contribution is -0.122. The maximum atomic E-state index is 12.9. The van der Waals surface area contributed by atoms with Crippen molar-refractivity contribution in [2.24, 2.45) is 0 Å². The van der Waals surface area contributed by atoms with Crippen molar-refractivity contribution in [2.75, 3.05) is 24.2 Å². The topological polar surface area (TPSA) is 61.4 Å². The maximum absolute atomic E-state index is 12.9. The number of aryl methyl sites for hydroxylation is 1. The van der Waals surface area contributed by atoms with Gasteiger partial charge in [-0.25, -0.2) is 0 Å². The van der Waals surface area contributed by atoms with Crippen LogP contribution in [0.15, 0.2) is 78.9 Å². The van der Waals surface area contributed by atoms with Crippen molar-refractivity contribution in [3.8, 4) is 11.1 Å². The third kappa shape index (κ3) is 5.80. The van der Waals surface area contributed by atoms with Gasteiger partial charge in [0.1, 0.15) is 0 Å². The fourth-order valence-electron chi connectivity index (χ4n) is 3.40. The fraction of sp³-hybridized carbons (Fsp3) is 0.231. The smallest absolute Gasteiger partial charge is 0.241 e. The van der Waals surface area contributed by atoms with Crippen LogP contribution in [0.2, 0.25) is 0 Å². The Morgan fingerprint density at radius 2 is 1.45 bits per heavy atom. The number of likely N-dealkylation sites (N-methyl/N-ethyl adjacent to an activating group) is 1. The van der Waals surface area contributed by atoms with E-state index in [4.69, 9.17) is 0 Å². The second-order valence-corrected chi connectivity index (χ2v) is 7.55. The molecule has 0 aliphatic carbocycles. The number of anilines is 2. The molecule has 0 aliphatic heterocycles. The van der Waals surface area contributed by atoms with Crippen molar-refractivity contribution >= 4 is 23.2 Å². The van der Waals surface area contributed by atoms with Crippen LogP contribution in [0.4, 0.5) is 11.4 Å². The molecule has 2 amide bonds. The zero-order valence-electron chi connectivity index (χ0n) is 18.3. The van der Waals surface area contributed by atoms with Crippen molar-refractivity contribution in [1.29, 1.82) is 0 Å². The molecule has 0 radical (unpaired) electrons. The van der Waals surface area contributed by atoms with E-state index in [1.165, 1.54) is 0 Å². The zero-order chi connectivity index (χ0) is 22.2. The van der Waals surface area contributed by atoms with E-state index in [2.05, 4.69) is 17.6 Å². The van der Waals surface area contributed by atoms with Crippen LogP contribution in [0.25, 0.3) is 11.1 Å². The number of carbonyl (C=O) groups is 2. The van der Waals surface area contributed by atoms with Crippen LogP contribution in [-0.4, -0.2) is 36.3 Å². The highest BCUT2D eigenvalue weighted by atomic mass is 16.2. The van der Waals surface area contributed by atoms with Crippen LogP contribution in [0.1, 0.15) is 19.4 Å². The molecular formula is C26H29N3O2. The number of nitrogens with one attached hydrogen (secondary N) is 2. The Hall–Kier alpha value is -3.44. The number of para-hydroxylation sites is 2. The molecule has 0 heterocycles. The van der Waals surface area contributed by atoms with Gasteiger partial charge < -0.3 is 10.6 Å². The molecule has 160 valence electrons. The Morgan fingerprint density at radius 3 is 2.16 bits per heavy atom. The summed E-state index contributed by atoms with van der Waals surface area (Å²) in [4.78, 5) is 27.2. The van der Waals surface area contributed by atoms with E-state index in [9.17, 15) is 9.59 Å². The minimum absolute atomic E-state index is 0.118. The largest absolute Gasteiger partial charge is 0.325 e. The lowest BCUT2D eigenvalue weighted by Gasteiger charge is -2.24. The van der Waals surface area contributed by atoms with Crippen LogP contribution in [0.5, 0.6) is 0 Å². The molecule has 0 spiro atoms. The Labute approximate surface area is 184 Å². The van der Waals surface area contributed by atoms with Crippen molar-refractivity contribution in [2.45, 2.75) is 26.3 Å². The van der Waals surface area contributed by atoms with Crippen molar-refractivity contribution in [3.63, 3.8) is 0 Å². The summed E-state index contributed by atoms with van der Waals surface area (Å²) in [5.41, 5.74) is 4.65. The van der Waals surface area contributed by atoms with Crippen LogP contribution in [0.3, 0.4) is 0 Å². The predicted octanol–water partition coefficient (Wildman–Crippen LogP) is 4.81. The summed E-state index contributed by atoms with van der Waals surface area (Å²) >= 11 is 0. The SMILES string of the molecule is CCc1ccccc1NC(=O)CN(C)[C@H](C)C(=O)Nc1ccccc1-c1ccccc1. The van der Waals surface area contributed by atoms with E-state index in [1.54, 1.807) is 18.9 Å². The average Bonchev–Trinajstić information content (AvgIpc) is 2.79. The first-order valence-electron chi connectivity index (χ1n) is 10.5. The molecule has 1 atom stereocenters. The van der Waals surface area contributed by atoms with Crippen LogP contribution in [-0.2, 0) is 16.0 Å². The normalized spacial score (nSPS) is 11.7. The molecule has 3 aromatic carbocycles. The van der Waals surface area contributed by atoms with Gasteiger partial charge in [-0.3, -0.25) is 14.5 Å². The third-order valence-corrected chi connectivity index (χ3v) is 5.38. The standard InChI is InChI=1S/C26H29N3O2/c1-4-20-12-8-10-16-23(20)27-25(30)18-29(3)19(2)26(31)28-24-17-11-9-15-22(24)21-13-6-5-7-14-21/h5-17,19H,4,18H2,1-3H3,(H,27,30)(H,28,31)/t19-/m1/s1. The van der Waals surface area contributed by atoms with Crippen molar-refractivity contribution in [3.05, 3.63) is 84.4 Å². The first kappa shape index (κ1) is 22.2. The Morgan fingerprint density at radius 1 is 0.839 bits per heavy atom. The Kier molecular flexibility index (Phi) is 7.57. The molecular weight excluding hydrogens is 386 g/mol. The lowest BCUT2D eigenvalue weighted by atomic mass is 10.0. The van der Waals surface area contributed by atoms with Crippen molar-refractivity contribution < 1.29 is 9.59 Å². The van der Waals surface area contributed by atoms with E-state index in [0.717, 1.165) is 34.5 Å². The van der Waals surface area contributed by atoms with E-state index in [0.29, 0.717) is 0 Å². The number of hydrogen-bond donors (Lipinski definition) is 2. The molecule has 5 nitrogen and oxygen atoms in total. The summed E-state index contributed by atoms with van der Waals surface area (Å²) in [6, 6.07) is 24.9. The molecule has 0 aliphatic rings. The molecule has 31 heavy (non-hydrogen) atoms. The molecule has 0 bridgehead atoms. The minimum Gasteiger partial charge on any atom is -0.325 e. The number of carbonyl (C=O) groups excluding carboxylic acids is 2. The first-order valence-corrected chi connectivity index (χ1v) is 10.5. The quantitative estimate of drug-likeness (QED) is 0.555. The monoisotopic (exact) mass is 415 g/mol. The van der Waals surface area contributed by atoms with Gasteiger partial charge >= 0.3 is 0 Å². The summed E-state index contributed by atoms with van der Waals surface area (Å²) in [6.07, 6.45) is 0.839. The van der Waals surface area contributed by atoms with Gasteiger partial charge in [-0.1, -0.05) is 73.7 Å². The molecule has 3 aromatic rings. The highest BCUT2D eigenvalue weighted by Crippen LogP contribution is 2.27. The van der Waals surface area contributed by atoms with E-state index < -0.39 is 6.04 Å². The maximum Gasteiger partial charge on any atom is 0.241 e. The molecule has 3 rings (SSSR count). The molecule has 5 heteroatoms. The van der Waals surface area contributed by atoms with Gasteiger partial charge in [-0.05, 0) is 43.7 Å². The Bertz CT molecular complexity index is 1030. The zero-order valence-corrected chi connectivity index (χ0v) is 18.3. The van der Waals surface area contributed by atoms with Crippen LogP contribution in [0, 0.1) is 0 Å². The van der Waals surface area contributed by atoms with E-state index in [-0.39, 0.29) is 18.4 Å². The third-order valence-electron chi connectivity index (χ3n) is 5.38. The van der Waals surface area contributed by atoms with Crippen LogP contribution < -0.4 is 10.6 Å². The number of nitrogens with zero attached hydrogens (tertiary/aromatic N) is 1. The lowest BCUT2D eigenvalue weighted by Crippen LogP contribution is -2.43. The summed E-state index contributed by atoms with van der Waals surface area (Å²) in [6.45, 7) is 3.97.